The maximum Gasteiger partial charge on any atom is 0.0728 e. The summed E-state index contributed by atoms with van der Waals surface area (Å²) < 4.78 is 1.97. The summed E-state index contributed by atoms with van der Waals surface area (Å²) in [5.74, 6) is 2.23. The molecule has 0 aliphatic heterocycles. The van der Waals surface area contributed by atoms with Gasteiger partial charge in [-0.25, -0.2) is 0 Å². The van der Waals surface area contributed by atoms with E-state index < -0.39 is 0 Å². The Labute approximate surface area is 123 Å². The number of rotatable bonds is 6. The van der Waals surface area contributed by atoms with E-state index >= 15 is 0 Å². The van der Waals surface area contributed by atoms with Crippen LogP contribution < -0.4 is 5.32 Å². The van der Waals surface area contributed by atoms with Crippen molar-refractivity contribution in [3.05, 3.63) is 11.9 Å². The first-order chi connectivity index (χ1) is 9.61. The highest BCUT2D eigenvalue weighted by Crippen LogP contribution is 2.41. The second-order valence-corrected chi connectivity index (χ2v) is 6.68. The average molecular weight is 278 g/mol. The van der Waals surface area contributed by atoms with Gasteiger partial charge in [0.2, 0.25) is 0 Å². The summed E-state index contributed by atoms with van der Waals surface area (Å²) >= 11 is 0. The summed E-state index contributed by atoms with van der Waals surface area (Å²) in [6, 6.07) is 0.564. The number of aromatic nitrogens is 3. The Hall–Kier alpha value is -0.900. The summed E-state index contributed by atoms with van der Waals surface area (Å²) in [6.07, 6.45) is 8.67. The van der Waals surface area contributed by atoms with Crippen molar-refractivity contribution in [1.29, 1.82) is 0 Å². The topological polar surface area (TPSA) is 42.7 Å². The van der Waals surface area contributed by atoms with Gasteiger partial charge in [-0.2, -0.15) is 0 Å². The van der Waals surface area contributed by atoms with E-state index in [1.54, 1.807) is 0 Å². The van der Waals surface area contributed by atoms with Crippen molar-refractivity contribution in [2.24, 2.45) is 18.9 Å². The van der Waals surface area contributed by atoms with Crippen LogP contribution in [-0.2, 0) is 7.05 Å². The monoisotopic (exact) mass is 278 g/mol. The minimum Gasteiger partial charge on any atom is -0.314 e. The van der Waals surface area contributed by atoms with Crippen LogP contribution >= 0.6 is 0 Å². The Kier molecular flexibility index (Phi) is 5.58. The molecule has 1 fully saturated rings. The quantitative estimate of drug-likeness (QED) is 0.869. The van der Waals surface area contributed by atoms with Gasteiger partial charge in [-0.3, -0.25) is 4.68 Å². The van der Waals surface area contributed by atoms with Crippen LogP contribution in [0.5, 0.6) is 0 Å². The van der Waals surface area contributed by atoms with Gasteiger partial charge in [0.05, 0.1) is 11.9 Å². The standard InChI is InChI=1S/C16H30N4/c1-5-6-13-7-8-14(10-17-12(2)3)15(9-13)16-11-18-19-20(16)4/h11-15,17H,5-10H2,1-4H3. The van der Waals surface area contributed by atoms with Crippen LogP contribution in [0, 0.1) is 11.8 Å². The number of hydrogen-bond acceptors (Lipinski definition) is 3. The molecule has 0 aromatic carbocycles. The van der Waals surface area contributed by atoms with E-state index in [-0.39, 0.29) is 0 Å². The third-order valence-electron chi connectivity index (χ3n) is 4.72. The molecule has 3 atom stereocenters. The number of hydrogen-bond donors (Lipinski definition) is 1. The van der Waals surface area contributed by atoms with Gasteiger partial charge in [0, 0.05) is 19.0 Å². The smallest absolute Gasteiger partial charge is 0.0728 e. The molecule has 4 heteroatoms. The van der Waals surface area contributed by atoms with Gasteiger partial charge in [0.15, 0.2) is 0 Å². The Morgan fingerprint density at radius 1 is 1.40 bits per heavy atom. The van der Waals surface area contributed by atoms with Crippen molar-refractivity contribution >= 4 is 0 Å². The molecule has 0 radical (unpaired) electrons. The molecule has 114 valence electrons. The molecule has 1 N–H and O–H groups in total. The zero-order valence-electron chi connectivity index (χ0n) is 13.5. The van der Waals surface area contributed by atoms with E-state index in [2.05, 4.69) is 36.4 Å². The summed E-state index contributed by atoms with van der Waals surface area (Å²) in [6.45, 7) is 7.87. The fourth-order valence-electron chi connectivity index (χ4n) is 3.62. The largest absolute Gasteiger partial charge is 0.314 e. The van der Waals surface area contributed by atoms with Crippen LogP contribution in [0.3, 0.4) is 0 Å². The van der Waals surface area contributed by atoms with Crippen molar-refractivity contribution in [3.63, 3.8) is 0 Å². The molecule has 1 aliphatic rings. The van der Waals surface area contributed by atoms with Crippen LogP contribution in [0.4, 0.5) is 0 Å². The fourth-order valence-corrected chi connectivity index (χ4v) is 3.62. The predicted octanol–water partition coefficient (Wildman–Crippen LogP) is 3.11. The normalized spacial score (nSPS) is 27.1. The molecule has 2 rings (SSSR count). The molecule has 0 bridgehead atoms. The first-order valence-electron chi connectivity index (χ1n) is 8.19. The van der Waals surface area contributed by atoms with Gasteiger partial charge in [0.1, 0.15) is 0 Å². The maximum absolute atomic E-state index is 4.14. The van der Waals surface area contributed by atoms with E-state index in [0.717, 1.165) is 18.4 Å². The lowest BCUT2D eigenvalue weighted by Crippen LogP contribution is -2.35. The molecule has 4 nitrogen and oxygen atoms in total. The molecule has 20 heavy (non-hydrogen) atoms. The molecular weight excluding hydrogens is 248 g/mol. The maximum atomic E-state index is 4.14. The lowest BCUT2D eigenvalue weighted by molar-refractivity contribution is 0.211. The summed E-state index contributed by atoms with van der Waals surface area (Å²) in [7, 11) is 2.03. The van der Waals surface area contributed by atoms with E-state index in [1.165, 1.54) is 37.8 Å². The van der Waals surface area contributed by atoms with Crippen molar-refractivity contribution in [3.8, 4) is 0 Å². The second kappa shape index (κ2) is 7.21. The minimum absolute atomic E-state index is 0.564. The lowest BCUT2D eigenvalue weighted by Gasteiger charge is -2.36. The van der Waals surface area contributed by atoms with Crippen LogP contribution in [0.2, 0.25) is 0 Å². The third kappa shape index (κ3) is 3.81. The summed E-state index contributed by atoms with van der Waals surface area (Å²) in [5.41, 5.74) is 1.32. The van der Waals surface area contributed by atoms with Gasteiger partial charge in [-0.15, -0.1) is 5.10 Å². The van der Waals surface area contributed by atoms with Crippen molar-refractivity contribution in [2.45, 2.75) is 64.8 Å². The Bertz CT molecular complexity index is 399. The highest BCUT2D eigenvalue weighted by atomic mass is 15.4. The van der Waals surface area contributed by atoms with E-state index in [0.29, 0.717) is 12.0 Å². The number of nitrogens with zero attached hydrogens (tertiary/aromatic N) is 3. The Balaban J connectivity index is 2.08. The average Bonchev–Trinajstić information content (AvgIpc) is 2.83. The van der Waals surface area contributed by atoms with E-state index in [9.17, 15) is 0 Å². The SMILES string of the molecule is CCCC1CCC(CNC(C)C)C(c2cnnn2C)C1. The zero-order chi connectivity index (χ0) is 14.5. The van der Waals surface area contributed by atoms with Gasteiger partial charge < -0.3 is 5.32 Å². The summed E-state index contributed by atoms with van der Waals surface area (Å²) in [5, 5.41) is 11.9. The predicted molar refractivity (Wildman–Crippen MR) is 82.6 cm³/mol. The van der Waals surface area contributed by atoms with Gasteiger partial charge >= 0.3 is 0 Å². The Morgan fingerprint density at radius 2 is 2.20 bits per heavy atom. The van der Waals surface area contributed by atoms with Crippen LogP contribution in [0.25, 0.3) is 0 Å². The second-order valence-electron chi connectivity index (χ2n) is 6.68. The molecule has 0 spiro atoms. The van der Waals surface area contributed by atoms with Crippen molar-refractivity contribution in [1.82, 2.24) is 20.3 Å². The van der Waals surface area contributed by atoms with Gasteiger partial charge in [0.25, 0.3) is 0 Å². The van der Waals surface area contributed by atoms with Gasteiger partial charge in [-0.1, -0.05) is 45.2 Å². The highest BCUT2D eigenvalue weighted by Gasteiger charge is 2.32. The molecular formula is C16H30N4. The first kappa shape index (κ1) is 15.5. The molecule has 0 amide bonds. The molecule has 0 saturated heterocycles. The van der Waals surface area contributed by atoms with Gasteiger partial charge in [-0.05, 0) is 31.2 Å². The molecule has 1 aliphatic carbocycles. The first-order valence-corrected chi connectivity index (χ1v) is 8.19. The highest BCUT2D eigenvalue weighted by molar-refractivity contribution is 5.08. The zero-order valence-corrected chi connectivity index (χ0v) is 13.5. The third-order valence-corrected chi connectivity index (χ3v) is 4.72. The van der Waals surface area contributed by atoms with Crippen LogP contribution in [-0.4, -0.2) is 27.6 Å². The molecule has 3 unspecified atom stereocenters. The minimum atomic E-state index is 0.564. The molecule has 1 saturated carbocycles. The van der Waals surface area contributed by atoms with E-state index in [4.69, 9.17) is 0 Å². The molecule has 1 aromatic rings. The molecule has 1 aromatic heterocycles. The molecule has 1 heterocycles. The van der Waals surface area contributed by atoms with Crippen LogP contribution in [0.15, 0.2) is 6.20 Å². The fraction of sp³-hybridized carbons (Fsp3) is 0.875. The van der Waals surface area contributed by atoms with E-state index in [1.807, 2.05) is 17.9 Å². The van der Waals surface area contributed by atoms with Crippen molar-refractivity contribution in [2.75, 3.05) is 6.54 Å². The Morgan fingerprint density at radius 3 is 2.80 bits per heavy atom. The lowest BCUT2D eigenvalue weighted by atomic mass is 9.71. The summed E-state index contributed by atoms with van der Waals surface area (Å²) in [4.78, 5) is 0. The number of nitrogens with one attached hydrogen (secondary N) is 1. The number of aryl methyl sites for hydroxylation is 1. The van der Waals surface area contributed by atoms with Crippen molar-refractivity contribution < 1.29 is 0 Å². The van der Waals surface area contributed by atoms with Crippen LogP contribution in [0.1, 0.15) is 64.5 Å².